The highest BCUT2D eigenvalue weighted by Crippen LogP contribution is 2.17. The van der Waals surface area contributed by atoms with Crippen LogP contribution in [0.25, 0.3) is 0 Å². The van der Waals surface area contributed by atoms with Crippen LogP contribution in [0.15, 0.2) is 12.4 Å². The molecule has 0 spiro atoms. The SMILES string of the molecule is Cc1nccn1[C@H]1CCCNC1. The third kappa shape index (κ3) is 1.37. The van der Waals surface area contributed by atoms with Gasteiger partial charge in [0.05, 0.1) is 0 Å². The van der Waals surface area contributed by atoms with Gasteiger partial charge < -0.3 is 9.88 Å². The minimum atomic E-state index is 0.626. The van der Waals surface area contributed by atoms with Crippen molar-refractivity contribution in [2.24, 2.45) is 0 Å². The summed E-state index contributed by atoms with van der Waals surface area (Å²) in [4.78, 5) is 4.23. The molecule has 2 heterocycles. The van der Waals surface area contributed by atoms with Gasteiger partial charge in [-0.3, -0.25) is 0 Å². The molecule has 0 amide bonds. The number of hydrogen-bond donors (Lipinski definition) is 1. The molecule has 12 heavy (non-hydrogen) atoms. The van der Waals surface area contributed by atoms with E-state index in [1.54, 1.807) is 0 Å². The molecule has 0 bridgehead atoms. The van der Waals surface area contributed by atoms with Crippen LogP contribution in [0.3, 0.4) is 0 Å². The van der Waals surface area contributed by atoms with Gasteiger partial charge in [0.2, 0.25) is 0 Å². The highest BCUT2D eigenvalue weighted by molar-refractivity contribution is 4.93. The second-order valence-corrected chi connectivity index (χ2v) is 3.38. The van der Waals surface area contributed by atoms with Crippen LogP contribution < -0.4 is 5.32 Å². The Bertz CT molecular complexity index is 248. The van der Waals surface area contributed by atoms with E-state index in [4.69, 9.17) is 0 Å². The van der Waals surface area contributed by atoms with Gasteiger partial charge in [0.1, 0.15) is 5.82 Å². The highest BCUT2D eigenvalue weighted by Gasteiger charge is 2.15. The summed E-state index contributed by atoms with van der Waals surface area (Å²) in [7, 11) is 0. The van der Waals surface area contributed by atoms with E-state index in [9.17, 15) is 0 Å². The molecular formula is C9H15N3. The largest absolute Gasteiger partial charge is 0.331 e. The Morgan fingerprint density at radius 2 is 2.58 bits per heavy atom. The topological polar surface area (TPSA) is 29.9 Å². The number of imidazole rings is 1. The Labute approximate surface area is 72.8 Å². The molecule has 0 radical (unpaired) electrons. The molecule has 0 unspecified atom stereocenters. The number of piperidine rings is 1. The summed E-state index contributed by atoms with van der Waals surface area (Å²) in [5.41, 5.74) is 0. The second kappa shape index (κ2) is 3.27. The summed E-state index contributed by atoms with van der Waals surface area (Å²) < 4.78 is 2.27. The molecular weight excluding hydrogens is 150 g/mol. The molecule has 1 fully saturated rings. The predicted octanol–water partition coefficient (Wildman–Crippen LogP) is 1.12. The second-order valence-electron chi connectivity index (χ2n) is 3.38. The van der Waals surface area contributed by atoms with Crippen LogP contribution in [0.5, 0.6) is 0 Å². The first-order valence-electron chi connectivity index (χ1n) is 4.58. The quantitative estimate of drug-likeness (QED) is 0.675. The summed E-state index contributed by atoms with van der Waals surface area (Å²) in [5, 5.41) is 3.40. The Balaban J connectivity index is 2.13. The molecule has 0 aliphatic carbocycles. The molecule has 3 heteroatoms. The third-order valence-corrected chi connectivity index (χ3v) is 2.53. The maximum Gasteiger partial charge on any atom is 0.105 e. The lowest BCUT2D eigenvalue weighted by atomic mass is 10.1. The molecule has 0 saturated carbocycles. The van der Waals surface area contributed by atoms with Gasteiger partial charge in [-0.2, -0.15) is 0 Å². The van der Waals surface area contributed by atoms with Crippen molar-refractivity contribution in [1.29, 1.82) is 0 Å². The van der Waals surface area contributed by atoms with E-state index in [2.05, 4.69) is 28.0 Å². The fourth-order valence-electron chi connectivity index (χ4n) is 1.84. The summed E-state index contributed by atoms with van der Waals surface area (Å²) in [5.74, 6) is 1.13. The number of hydrogen-bond acceptors (Lipinski definition) is 2. The minimum absolute atomic E-state index is 0.626. The zero-order chi connectivity index (χ0) is 8.39. The molecule has 1 aliphatic rings. The van der Waals surface area contributed by atoms with Crippen molar-refractivity contribution in [2.75, 3.05) is 13.1 Å². The molecule has 66 valence electrons. The van der Waals surface area contributed by atoms with Crippen LogP contribution in [-0.2, 0) is 0 Å². The number of rotatable bonds is 1. The van der Waals surface area contributed by atoms with Gasteiger partial charge in [0.25, 0.3) is 0 Å². The summed E-state index contributed by atoms with van der Waals surface area (Å²) in [6.45, 7) is 4.33. The van der Waals surface area contributed by atoms with Gasteiger partial charge in [0.15, 0.2) is 0 Å². The highest BCUT2D eigenvalue weighted by atomic mass is 15.1. The maximum absolute atomic E-state index is 4.23. The zero-order valence-corrected chi connectivity index (χ0v) is 7.45. The standard InChI is InChI=1S/C9H15N3/c1-8-11-5-6-12(8)9-3-2-4-10-7-9/h5-6,9-10H,2-4,7H2,1H3/t9-/m0/s1. The number of aromatic nitrogens is 2. The van der Waals surface area contributed by atoms with Crippen LogP contribution in [0, 0.1) is 6.92 Å². The fourth-order valence-corrected chi connectivity index (χ4v) is 1.84. The number of nitrogens with zero attached hydrogens (tertiary/aromatic N) is 2. The smallest absolute Gasteiger partial charge is 0.105 e. The number of nitrogens with one attached hydrogen (secondary N) is 1. The van der Waals surface area contributed by atoms with Crippen molar-refractivity contribution in [3.05, 3.63) is 18.2 Å². The lowest BCUT2D eigenvalue weighted by molar-refractivity contribution is 0.366. The van der Waals surface area contributed by atoms with E-state index in [1.165, 1.54) is 19.4 Å². The van der Waals surface area contributed by atoms with E-state index in [1.807, 2.05) is 6.20 Å². The van der Waals surface area contributed by atoms with Crippen LogP contribution in [0.2, 0.25) is 0 Å². The van der Waals surface area contributed by atoms with E-state index >= 15 is 0 Å². The average molecular weight is 165 g/mol. The maximum atomic E-state index is 4.23. The normalized spacial score (nSPS) is 24.2. The molecule has 1 aromatic heterocycles. The first kappa shape index (κ1) is 7.80. The predicted molar refractivity (Wildman–Crippen MR) is 48.1 cm³/mol. The third-order valence-electron chi connectivity index (χ3n) is 2.53. The van der Waals surface area contributed by atoms with Gasteiger partial charge >= 0.3 is 0 Å². The first-order valence-corrected chi connectivity index (χ1v) is 4.58. The van der Waals surface area contributed by atoms with Crippen molar-refractivity contribution in [3.63, 3.8) is 0 Å². The van der Waals surface area contributed by atoms with E-state index in [0.29, 0.717) is 6.04 Å². The Kier molecular flexibility index (Phi) is 2.13. The van der Waals surface area contributed by atoms with Crippen LogP contribution in [-0.4, -0.2) is 22.6 Å². The van der Waals surface area contributed by atoms with Gasteiger partial charge in [0, 0.05) is 25.0 Å². The van der Waals surface area contributed by atoms with Crippen LogP contribution >= 0.6 is 0 Å². The molecule has 1 saturated heterocycles. The van der Waals surface area contributed by atoms with E-state index in [-0.39, 0.29) is 0 Å². The molecule has 0 aromatic carbocycles. The van der Waals surface area contributed by atoms with E-state index in [0.717, 1.165) is 12.4 Å². The minimum Gasteiger partial charge on any atom is -0.331 e. The first-order chi connectivity index (χ1) is 5.88. The number of aryl methyl sites for hydroxylation is 1. The van der Waals surface area contributed by atoms with Crippen molar-refractivity contribution in [1.82, 2.24) is 14.9 Å². The zero-order valence-electron chi connectivity index (χ0n) is 7.45. The Morgan fingerprint density at radius 1 is 1.67 bits per heavy atom. The van der Waals surface area contributed by atoms with Gasteiger partial charge in [-0.05, 0) is 26.3 Å². The molecule has 1 aliphatic heterocycles. The van der Waals surface area contributed by atoms with Gasteiger partial charge in [-0.1, -0.05) is 0 Å². The average Bonchev–Trinajstić information content (AvgIpc) is 2.53. The fraction of sp³-hybridized carbons (Fsp3) is 0.667. The Morgan fingerprint density at radius 3 is 3.17 bits per heavy atom. The van der Waals surface area contributed by atoms with Crippen molar-refractivity contribution in [2.45, 2.75) is 25.8 Å². The summed E-state index contributed by atoms with van der Waals surface area (Å²) in [6.07, 6.45) is 6.52. The van der Waals surface area contributed by atoms with Crippen molar-refractivity contribution < 1.29 is 0 Å². The molecule has 1 aromatic rings. The monoisotopic (exact) mass is 165 g/mol. The summed E-state index contributed by atoms with van der Waals surface area (Å²) in [6, 6.07) is 0.626. The molecule has 2 rings (SSSR count). The molecule has 1 N–H and O–H groups in total. The lowest BCUT2D eigenvalue weighted by Gasteiger charge is -2.24. The summed E-state index contributed by atoms with van der Waals surface area (Å²) >= 11 is 0. The van der Waals surface area contributed by atoms with Gasteiger partial charge in [-0.25, -0.2) is 4.98 Å². The van der Waals surface area contributed by atoms with Crippen molar-refractivity contribution in [3.8, 4) is 0 Å². The van der Waals surface area contributed by atoms with Crippen molar-refractivity contribution >= 4 is 0 Å². The van der Waals surface area contributed by atoms with Crippen LogP contribution in [0.1, 0.15) is 24.7 Å². The molecule has 1 atom stereocenters. The van der Waals surface area contributed by atoms with Gasteiger partial charge in [-0.15, -0.1) is 0 Å². The van der Waals surface area contributed by atoms with E-state index < -0.39 is 0 Å². The Hall–Kier alpha value is -0.830. The molecule has 3 nitrogen and oxygen atoms in total. The lowest BCUT2D eigenvalue weighted by Crippen LogP contribution is -2.31. The van der Waals surface area contributed by atoms with Crippen LogP contribution in [0.4, 0.5) is 0 Å².